The lowest BCUT2D eigenvalue weighted by molar-refractivity contribution is -0.120. The van der Waals surface area contributed by atoms with Crippen LogP contribution in [0.1, 0.15) is 20.7 Å². The number of nitrogens with zero attached hydrogens (tertiary/aromatic N) is 1. The fourth-order valence-electron chi connectivity index (χ4n) is 3.73. The van der Waals surface area contributed by atoms with Crippen LogP contribution >= 0.6 is 11.6 Å². The first-order valence-electron chi connectivity index (χ1n) is 11.1. The molecule has 0 aliphatic carbocycles. The van der Waals surface area contributed by atoms with Crippen LogP contribution < -0.4 is 25.0 Å². The molecule has 11 heteroatoms. The number of ether oxygens (including phenoxy) is 3. The molecule has 2 N–H and O–H groups in total. The first-order valence-corrected chi connectivity index (χ1v) is 11.5. The van der Waals surface area contributed by atoms with Crippen LogP contribution in [0.3, 0.4) is 0 Å². The number of rotatable bonds is 8. The molecule has 0 fully saturated rings. The molecule has 194 valence electrons. The van der Waals surface area contributed by atoms with Gasteiger partial charge in [0.15, 0.2) is 0 Å². The second kappa shape index (κ2) is 11.1. The molecule has 0 saturated carbocycles. The molecular weight excluding hydrogens is 514 g/mol. The Morgan fingerprint density at radius 2 is 1.50 bits per heavy atom. The molecule has 4 rings (SSSR count). The topological polar surface area (TPSA) is 123 Å². The van der Waals surface area contributed by atoms with E-state index in [2.05, 4.69) is 10.6 Å². The summed E-state index contributed by atoms with van der Waals surface area (Å²) >= 11 is 6.27. The zero-order chi connectivity index (χ0) is 27.4. The summed E-state index contributed by atoms with van der Waals surface area (Å²) in [6.07, 6.45) is 0. The molecule has 3 aromatic carbocycles. The Morgan fingerprint density at radius 3 is 2.18 bits per heavy atom. The molecule has 0 bridgehead atoms. The lowest BCUT2D eigenvalue weighted by atomic mass is 10.1. The Labute approximate surface area is 222 Å². The van der Waals surface area contributed by atoms with Crippen LogP contribution in [0.25, 0.3) is 0 Å². The van der Waals surface area contributed by atoms with Crippen molar-refractivity contribution in [1.29, 1.82) is 0 Å². The van der Waals surface area contributed by atoms with Gasteiger partial charge in [-0.05, 0) is 48.5 Å². The summed E-state index contributed by atoms with van der Waals surface area (Å²) in [7, 11) is 4.13. The highest BCUT2D eigenvalue weighted by atomic mass is 35.5. The standard InChI is InChI=1S/C27H22ClN3O7/c1-36-19-10-11-21(37-2)20(14-19)31-25(33)22(28)23(26(31)34)29-17-8-4-6-15(12-17)24(32)30-18-9-5-7-16(13-18)27(35)38-3/h4-14,29H,1-3H3,(H,30,32). The van der Waals surface area contributed by atoms with Crippen molar-refractivity contribution in [3.05, 3.63) is 88.6 Å². The summed E-state index contributed by atoms with van der Waals surface area (Å²) in [5.74, 6) is -1.77. The second-order valence-electron chi connectivity index (χ2n) is 7.90. The molecule has 3 amide bonds. The third-order valence-corrected chi connectivity index (χ3v) is 5.94. The number of hydrogen-bond acceptors (Lipinski definition) is 8. The SMILES string of the molecule is COC(=O)c1cccc(NC(=O)c2cccc(NC3=C(Cl)C(=O)N(c4cc(OC)ccc4OC)C3=O)c2)c1. The predicted octanol–water partition coefficient (Wildman–Crippen LogP) is 4.18. The van der Waals surface area contributed by atoms with Crippen molar-refractivity contribution in [2.75, 3.05) is 36.9 Å². The van der Waals surface area contributed by atoms with Crippen molar-refractivity contribution in [2.24, 2.45) is 0 Å². The van der Waals surface area contributed by atoms with E-state index in [9.17, 15) is 19.2 Å². The lowest BCUT2D eigenvalue weighted by Gasteiger charge is -2.19. The Balaban J connectivity index is 1.55. The van der Waals surface area contributed by atoms with Crippen LogP contribution in [0.5, 0.6) is 11.5 Å². The Kier molecular flexibility index (Phi) is 7.63. The van der Waals surface area contributed by atoms with Gasteiger partial charge in [0.25, 0.3) is 17.7 Å². The van der Waals surface area contributed by atoms with Crippen molar-refractivity contribution < 1.29 is 33.4 Å². The van der Waals surface area contributed by atoms with E-state index in [1.54, 1.807) is 48.5 Å². The maximum atomic E-state index is 13.3. The van der Waals surface area contributed by atoms with E-state index in [4.69, 9.17) is 25.8 Å². The van der Waals surface area contributed by atoms with E-state index in [0.29, 0.717) is 17.1 Å². The second-order valence-corrected chi connectivity index (χ2v) is 8.28. The van der Waals surface area contributed by atoms with Crippen LogP contribution in [0.15, 0.2) is 77.5 Å². The largest absolute Gasteiger partial charge is 0.497 e. The molecule has 3 aromatic rings. The molecular formula is C27H22ClN3O7. The molecule has 10 nitrogen and oxygen atoms in total. The maximum absolute atomic E-state index is 13.3. The number of nitrogens with one attached hydrogen (secondary N) is 2. The molecule has 0 spiro atoms. The van der Waals surface area contributed by atoms with Crippen LogP contribution in [-0.2, 0) is 14.3 Å². The first-order chi connectivity index (χ1) is 18.3. The van der Waals surface area contributed by atoms with Gasteiger partial charge in [-0.3, -0.25) is 14.4 Å². The first kappa shape index (κ1) is 26.2. The number of halogens is 1. The van der Waals surface area contributed by atoms with E-state index in [1.807, 2.05) is 0 Å². The molecule has 0 saturated heterocycles. The Bertz CT molecular complexity index is 1480. The van der Waals surface area contributed by atoms with Crippen molar-refractivity contribution >= 4 is 52.4 Å². The van der Waals surface area contributed by atoms with Gasteiger partial charge in [0.2, 0.25) is 0 Å². The quantitative estimate of drug-likeness (QED) is 0.325. The van der Waals surface area contributed by atoms with Crippen LogP contribution in [-0.4, -0.2) is 45.0 Å². The van der Waals surface area contributed by atoms with Crippen LogP contribution in [0.2, 0.25) is 0 Å². The molecule has 0 unspecified atom stereocenters. The van der Waals surface area contributed by atoms with Gasteiger partial charge in [0.1, 0.15) is 22.2 Å². The van der Waals surface area contributed by atoms with Crippen molar-refractivity contribution in [1.82, 2.24) is 0 Å². The van der Waals surface area contributed by atoms with Gasteiger partial charge in [-0.1, -0.05) is 23.7 Å². The third-order valence-electron chi connectivity index (χ3n) is 5.59. The number of anilines is 3. The summed E-state index contributed by atoms with van der Waals surface area (Å²) in [4.78, 5) is 51.7. The summed E-state index contributed by atoms with van der Waals surface area (Å²) in [6.45, 7) is 0. The van der Waals surface area contributed by atoms with E-state index in [0.717, 1.165) is 4.90 Å². The number of benzene rings is 3. The van der Waals surface area contributed by atoms with E-state index >= 15 is 0 Å². The number of carbonyl (C=O) groups is 4. The average molecular weight is 536 g/mol. The highest BCUT2D eigenvalue weighted by Gasteiger charge is 2.40. The molecule has 1 aliphatic heterocycles. The maximum Gasteiger partial charge on any atom is 0.337 e. The van der Waals surface area contributed by atoms with Gasteiger partial charge in [0.05, 0.1) is 32.6 Å². The van der Waals surface area contributed by atoms with E-state index in [-0.39, 0.29) is 33.3 Å². The highest BCUT2D eigenvalue weighted by molar-refractivity contribution is 6.53. The number of esters is 1. The number of imide groups is 1. The summed E-state index contributed by atoms with van der Waals surface area (Å²) in [5.41, 5.74) is 1.27. The minimum absolute atomic E-state index is 0.162. The zero-order valence-electron chi connectivity index (χ0n) is 20.5. The Morgan fingerprint density at radius 1 is 0.816 bits per heavy atom. The molecule has 0 radical (unpaired) electrons. The predicted molar refractivity (Wildman–Crippen MR) is 141 cm³/mol. The van der Waals surface area contributed by atoms with Crippen molar-refractivity contribution in [3.8, 4) is 11.5 Å². The van der Waals surface area contributed by atoms with Gasteiger partial charge in [0, 0.05) is 23.0 Å². The normalized spacial score (nSPS) is 12.9. The van der Waals surface area contributed by atoms with Gasteiger partial charge in [-0.25, -0.2) is 9.69 Å². The minimum atomic E-state index is -0.745. The van der Waals surface area contributed by atoms with Gasteiger partial charge >= 0.3 is 5.97 Å². The van der Waals surface area contributed by atoms with E-state index in [1.165, 1.54) is 39.5 Å². The minimum Gasteiger partial charge on any atom is -0.497 e. The number of carbonyl (C=O) groups excluding carboxylic acids is 4. The number of methoxy groups -OCH3 is 3. The summed E-state index contributed by atoms with van der Waals surface area (Å²) in [5, 5.41) is 5.23. The average Bonchev–Trinajstić information content (AvgIpc) is 3.15. The number of amides is 3. The highest BCUT2D eigenvalue weighted by Crippen LogP contribution is 2.38. The molecule has 0 aromatic heterocycles. The smallest absolute Gasteiger partial charge is 0.337 e. The molecule has 1 aliphatic rings. The number of hydrogen-bond donors (Lipinski definition) is 2. The molecule has 0 atom stereocenters. The van der Waals surface area contributed by atoms with Gasteiger partial charge in [-0.15, -0.1) is 0 Å². The Hall–Kier alpha value is -4.83. The lowest BCUT2D eigenvalue weighted by Crippen LogP contribution is -2.32. The monoisotopic (exact) mass is 535 g/mol. The zero-order valence-corrected chi connectivity index (χ0v) is 21.3. The molecule has 1 heterocycles. The molecule has 38 heavy (non-hydrogen) atoms. The van der Waals surface area contributed by atoms with Gasteiger partial charge < -0.3 is 24.8 Å². The van der Waals surface area contributed by atoms with Crippen LogP contribution in [0.4, 0.5) is 17.1 Å². The fourth-order valence-corrected chi connectivity index (χ4v) is 3.94. The van der Waals surface area contributed by atoms with Crippen molar-refractivity contribution in [2.45, 2.75) is 0 Å². The summed E-state index contributed by atoms with van der Waals surface area (Å²) in [6, 6.07) is 17.2. The van der Waals surface area contributed by atoms with Crippen LogP contribution in [0, 0.1) is 0 Å². The summed E-state index contributed by atoms with van der Waals surface area (Å²) < 4.78 is 15.2. The third kappa shape index (κ3) is 5.16. The van der Waals surface area contributed by atoms with Crippen molar-refractivity contribution in [3.63, 3.8) is 0 Å². The van der Waals surface area contributed by atoms with E-state index < -0.39 is 23.7 Å². The van der Waals surface area contributed by atoms with Gasteiger partial charge in [-0.2, -0.15) is 0 Å². The fraction of sp³-hybridized carbons (Fsp3) is 0.111.